The highest BCUT2D eigenvalue weighted by Crippen LogP contribution is 2.19. The lowest BCUT2D eigenvalue weighted by Gasteiger charge is -2.31. The first-order valence-corrected chi connectivity index (χ1v) is 8.85. The highest BCUT2D eigenvalue weighted by molar-refractivity contribution is 5.91. The molecule has 1 aliphatic rings. The Bertz CT molecular complexity index is 762. The van der Waals surface area contributed by atoms with Crippen molar-refractivity contribution in [3.05, 3.63) is 53.5 Å². The molecule has 26 heavy (non-hydrogen) atoms. The van der Waals surface area contributed by atoms with Crippen LogP contribution in [-0.2, 0) is 4.79 Å². The number of nitrogens with zero attached hydrogens (tertiary/aromatic N) is 1. The number of piperidine rings is 1. The number of rotatable bonds is 5. The van der Waals surface area contributed by atoms with E-state index in [2.05, 4.69) is 5.32 Å². The lowest BCUT2D eigenvalue weighted by Crippen LogP contribution is -2.47. The highest BCUT2D eigenvalue weighted by atomic mass is 16.5. The Labute approximate surface area is 153 Å². The molecular formula is C20H24N2O4. The first kappa shape index (κ1) is 18.0. The van der Waals surface area contributed by atoms with Gasteiger partial charge in [0.2, 0.25) is 0 Å². The number of nitrogens with one attached hydrogen (secondary N) is 1. The van der Waals surface area contributed by atoms with E-state index in [4.69, 9.17) is 9.15 Å². The first-order chi connectivity index (χ1) is 12.5. The zero-order valence-corrected chi connectivity index (χ0v) is 15.2. The lowest BCUT2D eigenvalue weighted by molar-refractivity contribution is -0.124. The van der Waals surface area contributed by atoms with E-state index in [-0.39, 0.29) is 24.5 Å². The van der Waals surface area contributed by atoms with Crippen molar-refractivity contribution in [1.82, 2.24) is 10.2 Å². The Balaban J connectivity index is 1.42. The predicted octanol–water partition coefficient (Wildman–Crippen LogP) is 2.70. The molecule has 138 valence electrons. The van der Waals surface area contributed by atoms with E-state index in [0.717, 1.165) is 29.7 Å². The zero-order valence-electron chi connectivity index (χ0n) is 15.2. The molecule has 0 aliphatic carbocycles. The summed E-state index contributed by atoms with van der Waals surface area (Å²) in [6.07, 6.45) is 2.94. The molecule has 1 fully saturated rings. The average Bonchev–Trinajstić information content (AvgIpc) is 3.16. The van der Waals surface area contributed by atoms with Gasteiger partial charge in [0.05, 0.1) is 6.26 Å². The maximum absolute atomic E-state index is 12.2. The van der Waals surface area contributed by atoms with Gasteiger partial charge in [0.25, 0.3) is 11.8 Å². The number of benzene rings is 1. The summed E-state index contributed by atoms with van der Waals surface area (Å²) in [5.74, 6) is 0.845. The zero-order chi connectivity index (χ0) is 18.5. The Morgan fingerprint density at radius 2 is 2.00 bits per heavy atom. The van der Waals surface area contributed by atoms with Crippen molar-refractivity contribution >= 4 is 11.8 Å². The summed E-state index contributed by atoms with van der Waals surface area (Å²) >= 11 is 0. The Morgan fingerprint density at radius 1 is 1.23 bits per heavy atom. The van der Waals surface area contributed by atoms with E-state index in [9.17, 15) is 9.59 Å². The second kappa shape index (κ2) is 8.08. The molecule has 0 bridgehead atoms. The normalized spacial score (nSPS) is 14.9. The highest BCUT2D eigenvalue weighted by Gasteiger charge is 2.25. The number of hydrogen-bond acceptors (Lipinski definition) is 4. The third-order valence-corrected chi connectivity index (χ3v) is 4.57. The Kier molecular flexibility index (Phi) is 5.61. The quantitative estimate of drug-likeness (QED) is 0.894. The van der Waals surface area contributed by atoms with Gasteiger partial charge in [0.1, 0.15) is 5.75 Å². The molecule has 0 unspecified atom stereocenters. The minimum Gasteiger partial charge on any atom is -0.484 e. The van der Waals surface area contributed by atoms with E-state index < -0.39 is 0 Å². The van der Waals surface area contributed by atoms with Crippen LogP contribution in [0.25, 0.3) is 0 Å². The summed E-state index contributed by atoms with van der Waals surface area (Å²) in [7, 11) is 0. The van der Waals surface area contributed by atoms with Gasteiger partial charge in [-0.2, -0.15) is 0 Å². The van der Waals surface area contributed by atoms with Crippen LogP contribution in [0.3, 0.4) is 0 Å². The molecule has 0 atom stereocenters. The molecule has 6 heteroatoms. The first-order valence-electron chi connectivity index (χ1n) is 8.85. The Morgan fingerprint density at radius 3 is 2.65 bits per heavy atom. The van der Waals surface area contributed by atoms with Crippen LogP contribution < -0.4 is 10.1 Å². The molecule has 1 aliphatic heterocycles. The maximum Gasteiger partial charge on any atom is 0.289 e. The fraction of sp³-hybridized carbons (Fsp3) is 0.400. The summed E-state index contributed by atoms with van der Waals surface area (Å²) in [5.41, 5.74) is 2.18. The van der Waals surface area contributed by atoms with Crippen molar-refractivity contribution in [2.75, 3.05) is 19.7 Å². The molecule has 2 heterocycles. The van der Waals surface area contributed by atoms with Crippen LogP contribution in [0, 0.1) is 13.8 Å². The summed E-state index contributed by atoms with van der Waals surface area (Å²) in [6.45, 7) is 5.18. The second-order valence-corrected chi connectivity index (χ2v) is 6.67. The molecule has 0 radical (unpaired) electrons. The monoisotopic (exact) mass is 356 g/mol. The second-order valence-electron chi connectivity index (χ2n) is 6.67. The van der Waals surface area contributed by atoms with Gasteiger partial charge in [0, 0.05) is 19.1 Å². The fourth-order valence-corrected chi connectivity index (χ4v) is 3.16. The Hall–Kier alpha value is -2.76. The van der Waals surface area contributed by atoms with Gasteiger partial charge < -0.3 is 19.4 Å². The van der Waals surface area contributed by atoms with Crippen LogP contribution in [0.4, 0.5) is 0 Å². The van der Waals surface area contributed by atoms with Crippen molar-refractivity contribution in [3.63, 3.8) is 0 Å². The van der Waals surface area contributed by atoms with Crippen LogP contribution in [-0.4, -0.2) is 42.5 Å². The topological polar surface area (TPSA) is 71.8 Å². The third-order valence-electron chi connectivity index (χ3n) is 4.57. The summed E-state index contributed by atoms with van der Waals surface area (Å²) in [4.78, 5) is 26.1. The van der Waals surface area contributed by atoms with Crippen LogP contribution in [0.1, 0.15) is 34.5 Å². The third kappa shape index (κ3) is 4.45. The van der Waals surface area contributed by atoms with Crippen molar-refractivity contribution < 1.29 is 18.7 Å². The molecule has 0 saturated carbocycles. The van der Waals surface area contributed by atoms with Crippen molar-refractivity contribution in [3.8, 4) is 5.75 Å². The fourth-order valence-electron chi connectivity index (χ4n) is 3.16. The number of hydrogen-bond donors (Lipinski definition) is 1. The minimum atomic E-state index is -0.138. The van der Waals surface area contributed by atoms with Gasteiger partial charge in [0.15, 0.2) is 12.4 Å². The number of amides is 2. The molecule has 1 aromatic carbocycles. The average molecular weight is 356 g/mol. The van der Waals surface area contributed by atoms with Crippen LogP contribution >= 0.6 is 0 Å². The lowest BCUT2D eigenvalue weighted by atomic mass is 10.0. The minimum absolute atomic E-state index is 0.00452. The molecule has 1 N–H and O–H groups in total. The van der Waals surface area contributed by atoms with Gasteiger partial charge in [-0.15, -0.1) is 0 Å². The van der Waals surface area contributed by atoms with Gasteiger partial charge in [-0.1, -0.05) is 17.7 Å². The van der Waals surface area contributed by atoms with Gasteiger partial charge >= 0.3 is 0 Å². The summed E-state index contributed by atoms with van der Waals surface area (Å²) in [6, 6.07) is 9.31. The van der Waals surface area contributed by atoms with E-state index in [1.165, 1.54) is 6.26 Å². The van der Waals surface area contributed by atoms with Crippen molar-refractivity contribution in [2.45, 2.75) is 32.7 Å². The number of furan rings is 1. The van der Waals surface area contributed by atoms with Crippen molar-refractivity contribution in [1.29, 1.82) is 0 Å². The van der Waals surface area contributed by atoms with Crippen LogP contribution in [0.5, 0.6) is 5.75 Å². The predicted molar refractivity (Wildman–Crippen MR) is 97.2 cm³/mol. The molecule has 2 aromatic rings. The standard InChI is InChI=1S/C20H24N2O4/c1-14-5-6-17(15(2)12-14)26-13-19(23)21-16-7-9-22(10-8-16)20(24)18-4-3-11-25-18/h3-6,11-12,16H,7-10,13H2,1-2H3,(H,21,23). The molecular weight excluding hydrogens is 332 g/mol. The molecule has 1 saturated heterocycles. The number of carbonyl (C=O) groups is 2. The SMILES string of the molecule is Cc1ccc(OCC(=O)NC2CCN(C(=O)c3ccco3)CC2)c(C)c1. The van der Waals surface area contributed by atoms with E-state index in [0.29, 0.717) is 18.8 Å². The maximum atomic E-state index is 12.2. The number of ether oxygens (including phenoxy) is 1. The molecule has 2 amide bonds. The van der Waals surface area contributed by atoms with Gasteiger partial charge in [-0.3, -0.25) is 9.59 Å². The van der Waals surface area contributed by atoms with Gasteiger partial charge in [-0.25, -0.2) is 0 Å². The largest absolute Gasteiger partial charge is 0.484 e. The smallest absolute Gasteiger partial charge is 0.289 e. The van der Waals surface area contributed by atoms with Crippen LogP contribution in [0.2, 0.25) is 0 Å². The number of aryl methyl sites for hydroxylation is 2. The molecule has 3 rings (SSSR count). The van der Waals surface area contributed by atoms with E-state index in [1.54, 1.807) is 17.0 Å². The van der Waals surface area contributed by atoms with E-state index >= 15 is 0 Å². The summed E-state index contributed by atoms with van der Waals surface area (Å²) in [5, 5.41) is 2.99. The molecule has 0 spiro atoms. The van der Waals surface area contributed by atoms with Gasteiger partial charge in [-0.05, 0) is 50.5 Å². The molecule has 6 nitrogen and oxygen atoms in total. The van der Waals surface area contributed by atoms with Crippen LogP contribution in [0.15, 0.2) is 41.0 Å². The molecule has 1 aromatic heterocycles. The van der Waals surface area contributed by atoms with Crippen molar-refractivity contribution in [2.24, 2.45) is 0 Å². The summed E-state index contributed by atoms with van der Waals surface area (Å²) < 4.78 is 10.8. The number of carbonyl (C=O) groups excluding carboxylic acids is 2. The van der Waals surface area contributed by atoms with E-state index in [1.807, 2.05) is 32.0 Å². The number of likely N-dealkylation sites (tertiary alicyclic amines) is 1.